The lowest BCUT2D eigenvalue weighted by atomic mass is 9.85. The minimum absolute atomic E-state index is 0.0900. The molecule has 1 aliphatic heterocycles. The third-order valence-electron chi connectivity index (χ3n) is 7.72. The minimum atomic E-state index is -4.56. The van der Waals surface area contributed by atoms with Crippen molar-refractivity contribution in [1.29, 1.82) is 0 Å². The third-order valence-corrected chi connectivity index (χ3v) is 9.18. The van der Waals surface area contributed by atoms with Gasteiger partial charge in [-0.15, -0.1) is 0 Å². The largest absolute Gasteiger partial charge is 0.492 e. The van der Waals surface area contributed by atoms with E-state index in [1.807, 2.05) is 11.1 Å². The first-order valence-corrected chi connectivity index (χ1v) is 14.9. The van der Waals surface area contributed by atoms with Gasteiger partial charge in [0.05, 0.1) is 36.7 Å². The van der Waals surface area contributed by atoms with Gasteiger partial charge in [0, 0.05) is 50.4 Å². The molecule has 10 nitrogen and oxygen atoms in total. The molecule has 42 heavy (non-hydrogen) atoms. The Kier molecular flexibility index (Phi) is 8.40. The van der Waals surface area contributed by atoms with Crippen LogP contribution in [0.4, 0.5) is 13.2 Å². The van der Waals surface area contributed by atoms with Gasteiger partial charge in [-0.25, -0.2) is 13.1 Å². The molecule has 2 aliphatic rings. The van der Waals surface area contributed by atoms with Crippen LogP contribution in [-0.4, -0.2) is 83.0 Å². The van der Waals surface area contributed by atoms with Crippen LogP contribution < -0.4 is 9.46 Å². The molecule has 0 saturated heterocycles. The summed E-state index contributed by atoms with van der Waals surface area (Å²) in [6, 6.07) is 8.70. The first kappa shape index (κ1) is 30.4. The van der Waals surface area contributed by atoms with Gasteiger partial charge in [0.25, 0.3) is 0 Å². The maximum atomic E-state index is 13.4. The number of halogens is 3. The number of β-amino-alcohol motifs (C(OH)–C–C–N with tert-alkyl or cyclic N) is 1. The Hall–Kier alpha value is -3.01. The van der Waals surface area contributed by atoms with E-state index in [9.17, 15) is 36.9 Å². The molecule has 4 N–H and O–H groups in total. The summed E-state index contributed by atoms with van der Waals surface area (Å²) >= 11 is 0. The Balaban J connectivity index is 1.53. The van der Waals surface area contributed by atoms with E-state index in [0.29, 0.717) is 18.7 Å². The highest BCUT2D eigenvalue weighted by atomic mass is 32.2. The fourth-order valence-corrected chi connectivity index (χ4v) is 6.98. The standard InChI is InChI=1S/C28H33F3N4O6S/c1-34-13-18(11-32-34)14-35-15-22(36)12-33-42(39,40)26-6-5-20(19-3-2-4-21(7-19)28(29,30)31)8-25(26)41-17-27(16-35)9-23(37)24(38)10-27/h2-8,11,13,22-24,33,36-38H,9-10,12,14-17H2,1H3/t22-,23-,24+,27?/m0/s1. The average molecular weight is 611 g/mol. The number of hydrogen-bond donors (Lipinski definition) is 4. The number of aliphatic hydroxyl groups is 3. The number of aryl methyl sites for hydroxylation is 1. The summed E-state index contributed by atoms with van der Waals surface area (Å²) in [5.74, 6) is -0.0958. The first-order valence-electron chi connectivity index (χ1n) is 13.4. The van der Waals surface area contributed by atoms with Gasteiger partial charge in [0.2, 0.25) is 10.0 Å². The summed E-state index contributed by atoms with van der Waals surface area (Å²) in [5, 5.41) is 36.0. The predicted octanol–water partition coefficient (Wildman–Crippen LogP) is 2.14. The molecule has 1 unspecified atom stereocenters. The van der Waals surface area contributed by atoms with Crippen molar-refractivity contribution in [3.63, 3.8) is 0 Å². The van der Waals surface area contributed by atoms with Crippen LogP contribution >= 0.6 is 0 Å². The number of rotatable bonds is 3. The van der Waals surface area contributed by atoms with Gasteiger partial charge in [-0.3, -0.25) is 9.58 Å². The molecule has 0 radical (unpaired) electrons. The van der Waals surface area contributed by atoms with Crippen molar-refractivity contribution < 1.29 is 41.6 Å². The molecule has 1 saturated carbocycles. The van der Waals surface area contributed by atoms with Crippen molar-refractivity contribution in [2.45, 2.75) is 48.8 Å². The summed E-state index contributed by atoms with van der Waals surface area (Å²) in [4.78, 5) is 1.67. The number of benzene rings is 2. The molecule has 1 spiro atoms. The molecule has 5 rings (SSSR count). The Morgan fingerprint density at radius 1 is 1.10 bits per heavy atom. The van der Waals surface area contributed by atoms with Crippen molar-refractivity contribution in [1.82, 2.24) is 19.4 Å². The molecule has 2 heterocycles. The lowest BCUT2D eigenvalue weighted by Gasteiger charge is -2.36. The number of ether oxygens (including phenoxy) is 1. The number of aliphatic hydroxyl groups excluding tert-OH is 3. The van der Waals surface area contributed by atoms with E-state index in [2.05, 4.69) is 9.82 Å². The molecule has 14 heteroatoms. The Bertz CT molecular complexity index is 1520. The van der Waals surface area contributed by atoms with E-state index in [1.54, 1.807) is 17.9 Å². The second kappa shape index (κ2) is 11.6. The van der Waals surface area contributed by atoms with E-state index >= 15 is 0 Å². The zero-order valence-corrected chi connectivity index (χ0v) is 23.6. The zero-order valence-electron chi connectivity index (χ0n) is 22.8. The summed E-state index contributed by atoms with van der Waals surface area (Å²) < 4.78 is 76.9. The van der Waals surface area contributed by atoms with E-state index < -0.39 is 45.5 Å². The fraction of sp³-hybridized carbons (Fsp3) is 0.464. The smallest absolute Gasteiger partial charge is 0.416 e. The summed E-state index contributed by atoms with van der Waals surface area (Å²) in [6.07, 6.45) is -3.92. The summed E-state index contributed by atoms with van der Waals surface area (Å²) in [7, 11) is -2.44. The highest BCUT2D eigenvalue weighted by Gasteiger charge is 2.46. The van der Waals surface area contributed by atoms with Gasteiger partial charge in [-0.2, -0.15) is 18.3 Å². The Morgan fingerprint density at radius 3 is 2.48 bits per heavy atom. The molecular weight excluding hydrogens is 577 g/mol. The highest BCUT2D eigenvalue weighted by Crippen LogP contribution is 2.42. The number of sulfonamides is 1. The average Bonchev–Trinajstić information content (AvgIpc) is 3.46. The maximum Gasteiger partial charge on any atom is 0.416 e. The molecule has 0 bridgehead atoms. The van der Waals surface area contributed by atoms with Crippen LogP contribution in [0.2, 0.25) is 0 Å². The van der Waals surface area contributed by atoms with Crippen LogP contribution in [0.3, 0.4) is 0 Å². The second-order valence-electron chi connectivity index (χ2n) is 11.3. The molecule has 3 aromatic rings. The maximum absolute atomic E-state index is 13.4. The van der Waals surface area contributed by atoms with Crippen LogP contribution in [0, 0.1) is 5.41 Å². The Morgan fingerprint density at radius 2 is 1.81 bits per heavy atom. The van der Waals surface area contributed by atoms with Gasteiger partial charge in [0.1, 0.15) is 10.6 Å². The van der Waals surface area contributed by atoms with Crippen molar-refractivity contribution in [2.75, 3.05) is 26.2 Å². The van der Waals surface area contributed by atoms with Gasteiger partial charge in [-0.1, -0.05) is 18.2 Å². The monoisotopic (exact) mass is 610 g/mol. The molecular formula is C28H33F3N4O6S. The normalized spacial score (nSPS) is 27.2. The molecule has 1 aliphatic carbocycles. The van der Waals surface area contributed by atoms with Crippen LogP contribution in [0.25, 0.3) is 11.1 Å². The minimum Gasteiger partial charge on any atom is -0.492 e. The highest BCUT2D eigenvalue weighted by molar-refractivity contribution is 7.89. The lowest BCUT2D eigenvalue weighted by Crippen LogP contribution is -2.46. The van der Waals surface area contributed by atoms with Crippen LogP contribution in [0.5, 0.6) is 5.75 Å². The molecule has 1 fully saturated rings. The summed E-state index contributed by atoms with van der Waals surface area (Å²) in [6.45, 7) is 0.339. The first-order chi connectivity index (χ1) is 19.7. The van der Waals surface area contributed by atoms with Crippen molar-refractivity contribution in [2.24, 2.45) is 12.5 Å². The number of aromatic nitrogens is 2. The fourth-order valence-electron chi connectivity index (χ4n) is 5.78. The van der Waals surface area contributed by atoms with E-state index in [1.165, 1.54) is 30.3 Å². The quantitative estimate of drug-likeness (QED) is 0.354. The van der Waals surface area contributed by atoms with E-state index in [0.717, 1.165) is 17.7 Å². The molecule has 2 aromatic carbocycles. The molecule has 0 amide bonds. The van der Waals surface area contributed by atoms with Crippen molar-refractivity contribution in [3.05, 3.63) is 66.0 Å². The Labute approximate surface area is 241 Å². The number of nitrogens with one attached hydrogen (secondary N) is 1. The van der Waals surface area contributed by atoms with Gasteiger partial charge in [-0.05, 0) is 48.2 Å². The second-order valence-corrected chi connectivity index (χ2v) is 13.0. The number of hydrogen-bond acceptors (Lipinski definition) is 8. The van der Waals surface area contributed by atoms with E-state index in [4.69, 9.17) is 4.74 Å². The van der Waals surface area contributed by atoms with Crippen LogP contribution in [0.1, 0.15) is 24.0 Å². The number of nitrogens with zero attached hydrogens (tertiary/aromatic N) is 3. The molecule has 1 aromatic heterocycles. The predicted molar refractivity (Wildman–Crippen MR) is 146 cm³/mol. The lowest BCUT2D eigenvalue weighted by molar-refractivity contribution is -0.137. The number of fused-ring (bicyclic) bond motifs is 1. The molecule has 4 atom stereocenters. The van der Waals surface area contributed by atoms with E-state index in [-0.39, 0.29) is 48.7 Å². The summed E-state index contributed by atoms with van der Waals surface area (Å²) in [5.41, 5.74) is -0.309. The SMILES string of the molecule is Cn1cc(CN2C[C@@H](O)CNS(=O)(=O)c3ccc(-c4cccc(C(F)(F)F)c4)cc3OCC3(C[C@@H](O)[C@@H](O)C3)C2)cn1. The van der Waals surface area contributed by atoms with Gasteiger partial charge >= 0.3 is 6.18 Å². The van der Waals surface area contributed by atoms with Gasteiger partial charge in [0.15, 0.2) is 0 Å². The molecule has 228 valence electrons. The van der Waals surface area contributed by atoms with Crippen molar-refractivity contribution >= 4 is 10.0 Å². The third kappa shape index (κ3) is 6.79. The van der Waals surface area contributed by atoms with Gasteiger partial charge < -0.3 is 20.1 Å². The van der Waals surface area contributed by atoms with Crippen molar-refractivity contribution in [3.8, 4) is 16.9 Å². The topological polar surface area (TPSA) is 137 Å². The number of alkyl halides is 3. The van der Waals surface area contributed by atoms with Crippen LogP contribution in [0.15, 0.2) is 59.8 Å². The zero-order chi connectivity index (χ0) is 30.3. The van der Waals surface area contributed by atoms with Crippen LogP contribution in [-0.2, 0) is 29.8 Å².